The number of aromatic hydroxyl groups is 1. The fourth-order valence-corrected chi connectivity index (χ4v) is 2.03. The standard InChI is InChI=1S/C16H16N2O5/c1-10-3-6-15(11(2)7-10)23-9-16(20)17-13-8-12(18(21)22)4-5-14(13)19/h3-8,19H,9H2,1-2H3,(H,17,20). The molecule has 2 rings (SSSR count). The van der Waals surface area contributed by atoms with Crippen LogP contribution in [0, 0.1) is 24.0 Å². The molecule has 0 fully saturated rings. The molecule has 2 aromatic rings. The number of amides is 1. The summed E-state index contributed by atoms with van der Waals surface area (Å²) < 4.78 is 5.42. The molecule has 0 aliphatic heterocycles. The maximum absolute atomic E-state index is 11.9. The van der Waals surface area contributed by atoms with Crippen molar-refractivity contribution in [3.8, 4) is 11.5 Å². The van der Waals surface area contributed by atoms with Crippen molar-refractivity contribution in [3.05, 3.63) is 57.6 Å². The Morgan fingerprint density at radius 2 is 2.00 bits per heavy atom. The van der Waals surface area contributed by atoms with Gasteiger partial charge in [0.2, 0.25) is 0 Å². The van der Waals surface area contributed by atoms with Crippen molar-refractivity contribution in [2.45, 2.75) is 13.8 Å². The highest BCUT2D eigenvalue weighted by molar-refractivity contribution is 5.93. The lowest BCUT2D eigenvalue weighted by Crippen LogP contribution is -2.20. The molecule has 7 nitrogen and oxygen atoms in total. The smallest absolute Gasteiger partial charge is 0.271 e. The lowest BCUT2D eigenvalue weighted by Gasteiger charge is -2.10. The number of benzene rings is 2. The number of nitro benzene ring substituents is 1. The van der Waals surface area contributed by atoms with Gasteiger partial charge in [0, 0.05) is 12.1 Å². The van der Waals surface area contributed by atoms with Gasteiger partial charge in [0.15, 0.2) is 6.61 Å². The van der Waals surface area contributed by atoms with Crippen LogP contribution in [-0.4, -0.2) is 22.5 Å². The van der Waals surface area contributed by atoms with E-state index < -0.39 is 10.8 Å². The Labute approximate surface area is 132 Å². The molecule has 0 radical (unpaired) electrons. The topological polar surface area (TPSA) is 102 Å². The van der Waals surface area contributed by atoms with Crippen LogP contribution in [0.15, 0.2) is 36.4 Å². The van der Waals surface area contributed by atoms with Crippen LogP contribution in [-0.2, 0) is 4.79 Å². The van der Waals surface area contributed by atoms with Gasteiger partial charge in [-0.05, 0) is 31.5 Å². The van der Waals surface area contributed by atoms with E-state index in [1.807, 2.05) is 26.0 Å². The fourth-order valence-electron chi connectivity index (χ4n) is 2.03. The number of nitrogens with one attached hydrogen (secondary N) is 1. The maximum atomic E-state index is 11.9. The minimum Gasteiger partial charge on any atom is -0.506 e. The first-order valence-corrected chi connectivity index (χ1v) is 6.84. The highest BCUT2D eigenvalue weighted by atomic mass is 16.6. The number of carbonyl (C=O) groups is 1. The molecule has 23 heavy (non-hydrogen) atoms. The molecule has 120 valence electrons. The Balaban J connectivity index is 2.02. The van der Waals surface area contributed by atoms with E-state index in [0.717, 1.165) is 29.3 Å². The number of carbonyl (C=O) groups excluding carboxylic acids is 1. The van der Waals surface area contributed by atoms with Crippen molar-refractivity contribution < 1.29 is 19.6 Å². The van der Waals surface area contributed by atoms with Crippen molar-refractivity contribution in [3.63, 3.8) is 0 Å². The molecule has 0 spiro atoms. The first-order valence-electron chi connectivity index (χ1n) is 6.84. The van der Waals surface area contributed by atoms with Gasteiger partial charge in [-0.3, -0.25) is 14.9 Å². The number of hydrogen-bond acceptors (Lipinski definition) is 5. The number of hydrogen-bond donors (Lipinski definition) is 2. The van der Waals surface area contributed by atoms with Crippen LogP contribution in [0.4, 0.5) is 11.4 Å². The zero-order valence-corrected chi connectivity index (χ0v) is 12.7. The van der Waals surface area contributed by atoms with Crippen LogP contribution >= 0.6 is 0 Å². The molecule has 0 saturated heterocycles. The van der Waals surface area contributed by atoms with E-state index in [0.29, 0.717) is 5.75 Å². The van der Waals surface area contributed by atoms with E-state index in [9.17, 15) is 20.0 Å². The average molecular weight is 316 g/mol. The minimum absolute atomic E-state index is 0.0339. The Morgan fingerprint density at radius 3 is 2.65 bits per heavy atom. The van der Waals surface area contributed by atoms with Crippen LogP contribution in [0.3, 0.4) is 0 Å². The summed E-state index contributed by atoms with van der Waals surface area (Å²) in [6.07, 6.45) is 0. The fraction of sp³-hybridized carbons (Fsp3) is 0.188. The molecule has 0 aliphatic rings. The number of phenols is 1. The SMILES string of the molecule is Cc1ccc(OCC(=O)Nc2cc([N+](=O)[O-])ccc2O)c(C)c1. The van der Waals surface area contributed by atoms with Gasteiger partial charge in [-0.1, -0.05) is 17.7 Å². The molecular weight excluding hydrogens is 300 g/mol. The van der Waals surface area contributed by atoms with Gasteiger partial charge in [-0.25, -0.2) is 0 Å². The van der Waals surface area contributed by atoms with Crippen molar-refractivity contribution in [1.29, 1.82) is 0 Å². The minimum atomic E-state index is -0.610. The summed E-state index contributed by atoms with van der Waals surface area (Å²) in [6, 6.07) is 8.95. The number of rotatable bonds is 5. The van der Waals surface area contributed by atoms with E-state index in [4.69, 9.17) is 4.74 Å². The highest BCUT2D eigenvalue weighted by Crippen LogP contribution is 2.27. The summed E-state index contributed by atoms with van der Waals surface area (Å²) in [7, 11) is 0. The average Bonchev–Trinajstić information content (AvgIpc) is 2.48. The lowest BCUT2D eigenvalue weighted by molar-refractivity contribution is -0.384. The highest BCUT2D eigenvalue weighted by Gasteiger charge is 2.13. The van der Waals surface area contributed by atoms with Crippen molar-refractivity contribution in [2.24, 2.45) is 0 Å². The predicted molar refractivity (Wildman–Crippen MR) is 84.8 cm³/mol. The first kappa shape index (κ1) is 16.3. The molecule has 0 atom stereocenters. The summed E-state index contributed by atoms with van der Waals surface area (Å²) in [5.41, 5.74) is 1.72. The lowest BCUT2D eigenvalue weighted by atomic mass is 10.1. The Morgan fingerprint density at radius 1 is 1.26 bits per heavy atom. The summed E-state index contributed by atoms with van der Waals surface area (Å²) in [6.45, 7) is 3.55. The largest absolute Gasteiger partial charge is 0.506 e. The zero-order valence-electron chi connectivity index (χ0n) is 12.7. The van der Waals surface area contributed by atoms with Gasteiger partial charge in [0.05, 0.1) is 10.6 Å². The molecule has 2 aromatic carbocycles. The molecule has 1 amide bonds. The maximum Gasteiger partial charge on any atom is 0.271 e. The Hall–Kier alpha value is -3.09. The monoisotopic (exact) mass is 316 g/mol. The Bertz CT molecular complexity index is 758. The van der Waals surface area contributed by atoms with Crippen LogP contribution in [0.2, 0.25) is 0 Å². The van der Waals surface area contributed by atoms with Crippen LogP contribution in [0.5, 0.6) is 11.5 Å². The summed E-state index contributed by atoms with van der Waals surface area (Å²) in [5, 5.41) is 22.7. The molecule has 0 saturated carbocycles. The molecule has 0 unspecified atom stereocenters. The molecule has 2 N–H and O–H groups in total. The number of ether oxygens (including phenoxy) is 1. The van der Waals surface area contributed by atoms with Gasteiger partial charge >= 0.3 is 0 Å². The van der Waals surface area contributed by atoms with Gasteiger partial charge in [-0.15, -0.1) is 0 Å². The third-order valence-electron chi connectivity index (χ3n) is 3.15. The number of non-ortho nitro benzene ring substituents is 1. The van der Waals surface area contributed by atoms with Gasteiger partial charge in [0.25, 0.3) is 11.6 Å². The normalized spacial score (nSPS) is 10.2. The molecule has 0 heterocycles. The molecule has 0 bridgehead atoms. The van der Waals surface area contributed by atoms with Crippen LogP contribution < -0.4 is 10.1 Å². The number of anilines is 1. The van der Waals surface area contributed by atoms with E-state index in [2.05, 4.69) is 5.32 Å². The summed E-state index contributed by atoms with van der Waals surface area (Å²) >= 11 is 0. The quantitative estimate of drug-likeness (QED) is 0.501. The third-order valence-corrected chi connectivity index (χ3v) is 3.15. The van der Waals surface area contributed by atoms with Gasteiger partial charge in [0.1, 0.15) is 11.5 Å². The third kappa shape index (κ3) is 4.19. The molecule has 0 aliphatic carbocycles. The first-order chi connectivity index (χ1) is 10.9. The van der Waals surface area contributed by atoms with E-state index >= 15 is 0 Å². The molecule has 7 heteroatoms. The molecule has 0 aromatic heterocycles. The van der Waals surface area contributed by atoms with Crippen LogP contribution in [0.1, 0.15) is 11.1 Å². The number of aryl methyl sites for hydroxylation is 2. The Kier molecular flexibility index (Phi) is 4.80. The van der Waals surface area contributed by atoms with E-state index in [-0.39, 0.29) is 23.7 Å². The molecular formula is C16H16N2O5. The second-order valence-corrected chi connectivity index (χ2v) is 5.06. The van der Waals surface area contributed by atoms with Crippen molar-refractivity contribution in [2.75, 3.05) is 11.9 Å². The summed E-state index contributed by atoms with van der Waals surface area (Å²) in [4.78, 5) is 22.0. The zero-order chi connectivity index (χ0) is 17.0. The van der Waals surface area contributed by atoms with Gasteiger partial charge in [-0.2, -0.15) is 0 Å². The van der Waals surface area contributed by atoms with Crippen molar-refractivity contribution >= 4 is 17.3 Å². The van der Waals surface area contributed by atoms with E-state index in [1.54, 1.807) is 6.07 Å². The number of nitrogens with zero attached hydrogens (tertiary/aromatic N) is 1. The van der Waals surface area contributed by atoms with Crippen LogP contribution in [0.25, 0.3) is 0 Å². The van der Waals surface area contributed by atoms with Crippen molar-refractivity contribution in [1.82, 2.24) is 0 Å². The number of phenolic OH excluding ortho intramolecular Hbond substituents is 1. The second kappa shape index (κ2) is 6.78. The summed E-state index contributed by atoms with van der Waals surface area (Å²) in [5.74, 6) is -0.203. The second-order valence-electron chi connectivity index (χ2n) is 5.06. The van der Waals surface area contributed by atoms with Gasteiger partial charge < -0.3 is 15.2 Å². The van der Waals surface area contributed by atoms with E-state index in [1.165, 1.54) is 0 Å². The number of nitro groups is 1. The predicted octanol–water partition coefficient (Wildman–Crippen LogP) is 2.93.